The summed E-state index contributed by atoms with van der Waals surface area (Å²) in [5.41, 5.74) is 0. The minimum Gasteiger partial charge on any atom is -0.382 e. The molecule has 0 bridgehead atoms. The summed E-state index contributed by atoms with van der Waals surface area (Å²) < 4.78 is 10.4. The molecule has 0 aromatic carbocycles. The second kappa shape index (κ2) is 10.1. The molecule has 2 atom stereocenters. The molecular formula is C16H32N2O3. The molecule has 5 heteroatoms. The number of carbonyl (C=O) groups excluding carboxylic acids is 1. The van der Waals surface area contributed by atoms with E-state index in [4.69, 9.17) is 9.47 Å². The number of nitrogens with one attached hydrogen (secondary N) is 1. The fraction of sp³-hybridized carbons (Fsp3) is 0.938. The van der Waals surface area contributed by atoms with Crippen LogP contribution >= 0.6 is 0 Å². The van der Waals surface area contributed by atoms with E-state index < -0.39 is 0 Å². The average Bonchev–Trinajstić information content (AvgIpc) is 2.75. The molecular weight excluding hydrogens is 268 g/mol. The van der Waals surface area contributed by atoms with Gasteiger partial charge in [0.1, 0.15) is 0 Å². The molecule has 0 aromatic rings. The number of unbranched alkanes of at least 4 members (excludes halogenated alkanes) is 1. The number of carbonyl (C=O) groups is 1. The van der Waals surface area contributed by atoms with Crippen LogP contribution in [0, 0.1) is 5.92 Å². The standard InChI is InChI=1S/C16H32N2O3/c1-5-8-14-17-15(13(2)3)16(19)18(14)9-6-7-10-21-12-11-20-4/h13-15,17H,5-12H2,1-4H3. The lowest BCUT2D eigenvalue weighted by molar-refractivity contribution is -0.130. The highest BCUT2D eigenvalue weighted by Gasteiger charge is 2.39. The van der Waals surface area contributed by atoms with Crippen LogP contribution in [0.5, 0.6) is 0 Å². The van der Waals surface area contributed by atoms with Gasteiger partial charge in [0.2, 0.25) is 5.91 Å². The van der Waals surface area contributed by atoms with E-state index in [-0.39, 0.29) is 18.1 Å². The maximum atomic E-state index is 12.5. The summed E-state index contributed by atoms with van der Waals surface area (Å²) in [6.07, 6.45) is 4.31. The number of nitrogens with zero attached hydrogens (tertiary/aromatic N) is 1. The summed E-state index contributed by atoms with van der Waals surface area (Å²) in [6, 6.07) is -0.0143. The lowest BCUT2D eigenvalue weighted by Crippen LogP contribution is -2.38. The zero-order valence-corrected chi connectivity index (χ0v) is 14.1. The van der Waals surface area contributed by atoms with Crippen molar-refractivity contribution in [2.45, 2.75) is 58.7 Å². The van der Waals surface area contributed by atoms with Gasteiger partial charge in [-0.3, -0.25) is 10.1 Å². The molecule has 1 fully saturated rings. The molecule has 21 heavy (non-hydrogen) atoms. The molecule has 1 aliphatic heterocycles. The van der Waals surface area contributed by atoms with Gasteiger partial charge in [-0.2, -0.15) is 0 Å². The van der Waals surface area contributed by atoms with E-state index in [1.807, 2.05) is 4.90 Å². The van der Waals surface area contributed by atoms with Crippen LogP contribution in [-0.2, 0) is 14.3 Å². The highest BCUT2D eigenvalue weighted by atomic mass is 16.5. The fourth-order valence-corrected chi connectivity index (χ4v) is 2.69. The summed E-state index contributed by atoms with van der Waals surface area (Å²) in [4.78, 5) is 14.5. The largest absolute Gasteiger partial charge is 0.382 e. The van der Waals surface area contributed by atoms with Crippen LogP contribution < -0.4 is 5.32 Å². The average molecular weight is 300 g/mol. The maximum Gasteiger partial charge on any atom is 0.241 e. The molecule has 124 valence electrons. The van der Waals surface area contributed by atoms with Gasteiger partial charge in [0.05, 0.1) is 25.4 Å². The highest BCUT2D eigenvalue weighted by Crippen LogP contribution is 2.20. The molecule has 0 saturated carbocycles. The lowest BCUT2D eigenvalue weighted by atomic mass is 10.1. The summed E-state index contributed by atoms with van der Waals surface area (Å²) in [6.45, 7) is 9.23. The van der Waals surface area contributed by atoms with Crippen molar-refractivity contribution in [2.75, 3.05) is 33.5 Å². The lowest BCUT2D eigenvalue weighted by Gasteiger charge is -2.23. The molecule has 2 unspecified atom stereocenters. The van der Waals surface area contributed by atoms with E-state index in [1.165, 1.54) is 0 Å². The Morgan fingerprint density at radius 3 is 2.62 bits per heavy atom. The molecule has 1 aliphatic rings. The molecule has 1 amide bonds. The number of amides is 1. The Bertz CT molecular complexity index is 297. The van der Waals surface area contributed by atoms with E-state index in [2.05, 4.69) is 26.1 Å². The first-order valence-electron chi connectivity index (χ1n) is 8.25. The van der Waals surface area contributed by atoms with Crippen molar-refractivity contribution in [2.24, 2.45) is 5.92 Å². The minimum absolute atomic E-state index is 0.0143. The van der Waals surface area contributed by atoms with E-state index in [9.17, 15) is 4.79 Å². The Morgan fingerprint density at radius 1 is 1.24 bits per heavy atom. The fourth-order valence-electron chi connectivity index (χ4n) is 2.69. The molecule has 5 nitrogen and oxygen atoms in total. The van der Waals surface area contributed by atoms with Crippen molar-refractivity contribution in [3.63, 3.8) is 0 Å². The van der Waals surface area contributed by atoms with Crippen molar-refractivity contribution < 1.29 is 14.3 Å². The van der Waals surface area contributed by atoms with Crippen LogP contribution in [0.4, 0.5) is 0 Å². The van der Waals surface area contributed by atoms with Gasteiger partial charge in [-0.15, -0.1) is 0 Å². The molecule has 0 aliphatic carbocycles. The van der Waals surface area contributed by atoms with Crippen LogP contribution in [-0.4, -0.2) is 56.5 Å². The first-order valence-corrected chi connectivity index (χ1v) is 8.25. The summed E-state index contributed by atoms with van der Waals surface area (Å²) in [7, 11) is 1.67. The van der Waals surface area contributed by atoms with Crippen LogP contribution in [0.3, 0.4) is 0 Å². The van der Waals surface area contributed by atoms with Crippen LogP contribution in [0.2, 0.25) is 0 Å². The van der Waals surface area contributed by atoms with Crippen molar-refractivity contribution in [1.29, 1.82) is 0 Å². The molecule has 1 N–H and O–H groups in total. The first kappa shape index (κ1) is 18.4. The van der Waals surface area contributed by atoms with Crippen molar-refractivity contribution in [3.8, 4) is 0 Å². The van der Waals surface area contributed by atoms with Crippen molar-refractivity contribution in [3.05, 3.63) is 0 Å². The summed E-state index contributed by atoms with van der Waals surface area (Å²) in [5, 5.41) is 3.49. The Labute approximate surface area is 129 Å². The molecule has 0 aromatic heterocycles. The van der Waals surface area contributed by atoms with Gasteiger partial charge in [-0.1, -0.05) is 27.2 Å². The molecule has 1 saturated heterocycles. The second-order valence-electron chi connectivity index (χ2n) is 6.04. The molecule has 0 spiro atoms. The van der Waals surface area contributed by atoms with E-state index in [0.29, 0.717) is 19.1 Å². The van der Waals surface area contributed by atoms with Gasteiger partial charge in [0.25, 0.3) is 0 Å². The summed E-state index contributed by atoms with van der Waals surface area (Å²) in [5.74, 6) is 0.614. The summed E-state index contributed by atoms with van der Waals surface area (Å²) >= 11 is 0. The number of rotatable bonds is 11. The second-order valence-corrected chi connectivity index (χ2v) is 6.04. The molecule has 0 radical (unpaired) electrons. The quantitative estimate of drug-likeness (QED) is 0.593. The topological polar surface area (TPSA) is 50.8 Å². The third-order valence-electron chi connectivity index (χ3n) is 3.90. The van der Waals surface area contributed by atoms with Gasteiger partial charge in [0, 0.05) is 20.3 Å². The van der Waals surface area contributed by atoms with Crippen molar-refractivity contribution in [1.82, 2.24) is 10.2 Å². The monoisotopic (exact) mass is 300 g/mol. The Kier molecular flexibility index (Phi) is 8.88. The van der Waals surface area contributed by atoms with E-state index in [0.717, 1.165) is 38.8 Å². The van der Waals surface area contributed by atoms with Gasteiger partial charge in [0.15, 0.2) is 0 Å². The smallest absolute Gasteiger partial charge is 0.241 e. The van der Waals surface area contributed by atoms with Crippen LogP contribution in [0.15, 0.2) is 0 Å². The van der Waals surface area contributed by atoms with Gasteiger partial charge in [-0.05, 0) is 25.2 Å². The Morgan fingerprint density at radius 2 is 2.00 bits per heavy atom. The molecule has 1 rings (SSSR count). The SMILES string of the molecule is CCCC1NC(C(C)C)C(=O)N1CCCCOCCOC. The number of methoxy groups -OCH3 is 1. The van der Waals surface area contributed by atoms with Gasteiger partial charge >= 0.3 is 0 Å². The number of ether oxygens (including phenoxy) is 2. The van der Waals surface area contributed by atoms with Crippen molar-refractivity contribution >= 4 is 5.91 Å². The number of hydrogen-bond donors (Lipinski definition) is 1. The third kappa shape index (κ3) is 5.93. The van der Waals surface area contributed by atoms with E-state index in [1.54, 1.807) is 7.11 Å². The highest BCUT2D eigenvalue weighted by molar-refractivity contribution is 5.84. The normalized spacial score (nSPS) is 22.5. The Balaban J connectivity index is 2.31. The van der Waals surface area contributed by atoms with E-state index >= 15 is 0 Å². The van der Waals surface area contributed by atoms with Gasteiger partial charge < -0.3 is 14.4 Å². The third-order valence-corrected chi connectivity index (χ3v) is 3.90. The minimum atomic E-state index is -0.0143. The Hall–Kier alpha value is -0.650. The number of hydrogen-bond acceptors (Lipinski definition) is 4. The zero-order valence-electron chi connectivity index (χ0n) is 14.1. The zero-order chi connectivity index (χ0) is 15.7. The molecule has 1 heterocycles. The van der Waals surface area contributed by atoms with Gasteiger partial charge in [-0.25, -0.2) is 0 Å². The van der Waals surface area contributed by atoms with Crippen LogP contribution in [0.1, 0.15) is 46.5 Å². The van der Waals surface area contributed by atoms with Crippen LogP contribution in [0.25, 0.3) is 0 Å². The maximum absolute atomic E-state index is 12.5. The first-order chi connectivity index (χ1) is 10.1. The predicted molar refractivity (Wildman–Crippen MR) is 84.1 cm³/mol. The predicted octanol–water partition coefficient (Wildman–Crippen LogP) is 2.01.